The SMILES string of the molecule is O=C(O)CC1(Nc2c(F)cc(F)cc2Br)CNC1. The van der Waals surface area contributed by atoms with E-state index in [0.717, 1.165) is 12.1 Å². The molecule has 1 aliphatic rings. The molecule has 1 heterocycles. The predicted molar refractivity (Wildman–Crippen MR) is 65.5 cm³/mol. The van der Waals surface area contributed by atoms with Crippen LogP contribution in [0, 0.1) is 11.6 Å². The fourth-order valence-corrected chi connectivity index (χ4v) is 2.41. The molecule has 0 aromatic heterocycles. The molecule has 1 saturated heterocycles. The molecule has 3 N–H and O–H groups in total. The first-order valence-corrected chi connectivity index (χ1v) is 6.06. The van der Waals surface area contributed by atoms with Crippen LogP contribution in [0.2, 0.25) is 0 Å². The Hall–Kier alpha value is -1.21. The summed E-state index contributed by atoms with van der Waals surface area (Å²) >= 11 is 3.06. The number of anilines is 1. The predicted octanol–water partition coefficient (Wildman–Crippen LogP) is 1.96. The topological polar surface area (TPSA) is 61.4 Å². The van der Waals surface area contributed by atoms with Gasteiger partial charge in [-0.1, -0.05) is 0 Å². The zero-order chi connectivity index (χ0) is 13.3. The van der Waals surface area contributed by atoms with Gasteiger partial charge in [-0.2, -0.15) is 0 Å². The van der Waals surface area contributed by atoms with Crippen molar-refractivity contribution in [2.45, 2.75) is 12.0 Å². The van der Waals surface area contributed by atoms with E-state index >= 15 is 0 Å². The normalized spacial score (nSPS) is 17.1. The summed E-state index contributed by atoms with van der Waals surface area (Å²) in [5, 5.41) is 14.6. The standard InChI is InChI=1S/C11H11BrF2N2O2/c12-7-1-6(13)2-8(14)10(7)16-11(3-9(17)18)4-15-5-11/h1-2,15-16H,3-5H2,(H,17,18). The van der Waals surface area contributed by atoms with E-state index in [-0.39, 0.29) is 16.6 Å². The summed E-state index contributed by atoms with van der Waals surface area (Å²) in [6.07, 6.45) is -0.136. The van der Waals surface area contributed by atoms with Crippen molar-refractivity contribution >= 4 is 27.6 Å². The number of aliphatic carboxylic acids is 1. The van der Waals surface area contributed by atoms with E-state index in [1.54, 1.807) is 0 Å². The van der Waals surface area contributed by atoms with E-state index in [2.05, 4.69) is 26.6 Å². The molecular weight excluding hydrogens is 310 g/mol. The Morgan fingerprint density at radius 1 is 1.50 bits per heavy atom. The molecule has 4 nitrogen and oxygen atoms in total. The second kappa shape index (κ2) is 4.81. The van der Waals surface area contributed by atoms with Crippen LogP contribution in [0.4, 0.5) is 14.5 Å². The van der Waals surface area contributed by atoms with E-state index in [9.17, 15) is 13.6 Å². The van der Waals surface area contributed by atoms with Crippen LogP contribution >= 0.6 is 15.9 Å². The number of nitrogens with one attached hydrogen (secondary N) is 2. The van der Waals surface area contributed by atoms with Gasteiger partial charge in [0.15, 0.2) is 0 Å². The lowest BCUT2D eigenvalue weighted by molar-refractivity contribution is -0.138. The molecule has 0 atom stereocenters. The molecule has 0 bridgehead atoms. The minimum absolute atomic E-state index is 0.0825. The largest absolute Gasteiger partial charge is 0.481 e. The molecule has 1 fully saturated rings. The second-order valence-electron chi connectivity index (χ2n) is 4.32. The monoisotopic (exact) mass is 320 g/mol. The summed E-state index contributed by atoms with van der Waals surface area (Å²) in [4.78, 5) is 10.8. The van der Waals surface area contributed by atoms with Crippen molar-refractivity contribution in [3.8, 4) is 0 Å². The van der Waals surface area contributed by atoms with Crippen LogP contribution in [0.5, 0.6) is 0 Å². The van der Waals surface area contributed by atoms with Crippen molar-refractivity contribution < 1.29 is 18.7 Å². The van der Waals surface area contributed by atoms with Gasteiger partial charge in [-0.05, 0) is 22.0 Å². The molecule has 0 amide bonds. The van der Waals surface area contributed by atoms with Gasteiger partial charge in [0, 0.05) is 23.6 Å². The van der Waals surface area contributed by atoms with E-state index in [1.165, 1.54) is 0 Å². The zero-order valence-corrected chi connectivity index (χ0v) is 10.9. The van der Waals surface area contributed by atoms with Gasteiger partial charge in [0.1, 0.15) is 11.6 Å². The molecule has 2 rings (SSSR count). The number of carbonyl (C=O) groups is 1. The van der Waals surface area contributed by atoms with Crippen LogP contribution in [0.3, 0.4) is 0 Å². The number of carboxylic acid groups (broad SMARTS) is 1. The van der Waals surface area contributed by atoms with E-state index in [1.807, 2.05) is 0 Å². The average molecular weight is 321 g/mol. The van der Waals surface area contributed by atoms with Crippen molar-refractivity contribution in [2.75, 3.05) is 18.4 Å². The molecule has 98 valence electrons. The molecular formula is C11H11BrF2N2O2. The third-order valence-electron chi connectivity index (χ3n) is 2.81. The lowest BCUT2D eigenvalue weighted by Crippen LogP contribution is -2.65. The summed E-state index contributed by atoms with van der Waals surface area (Å²) in [5.74, 6) is -2.41. The van der Waals surface area contributed by atoms with Crippen molar-refractivity contribution in [3.63, 3.8) is 0 Å². The molecule has 1 aromatic rings. The van der Waals surface area contributed by atoms with E-state index in [0.29, 0.717) is 13.1 Å². The number of hydrogen-bond donors (Lipinski definition) is 3. The maximum absolute atomic E-state index is 13.6. The molecule has 7 heteroatoms. The molecule has 1 aliphatic heterocycles. The molecule has 0 unspecified atom stereocenters. The lowest BCUT2D eigenvalue weighted by Gasteiger charge is -2.43. The number of halogens is 3. The Morgan fingerprint density at radius 3 is 2.61 bits per heavy atom. The smallest absolute Gasteiger partial charge is 0.305 e. The molecule has 0 aliphatic carbocycles. The van der Waals surface area contributed by atoms with Crippen molar-refractivity contribution in [3.05, 3.63) is 28.2 Å². The average Bonchev–Trinajstić information content (AvgIpc) is 2.18. The molecule has 0 saturated carbocycles. The molecule has 1 aromatic carbocycles. The first kappa shape index (κ1) is 13.2. The van der Waals surface area contributed by atoms with Crippen LogP contribution in [-0.4, -0.2) is 29.7 Å². The summed E-state index contributed by atoms with van der Waals surface area (Å²) in [6.45, 7) is 0.838. The highest BCUT2D eigenvalue weighted by molar-refractivity contribution is 9.10. The van der Waals surface area contributed by atoms with E-state index in [4.69, 9.17) is 5.11 Å². The summed E-state index contributed by atoms with van der Waals surface area (Å²) in [6, 6.07) is 1.89. The number of hydrogen-bond acceptors (Lipinski definition) is 3. The first-order chi connectivity index (χ1) is 8.42. The molecule has 0 radical (unpaired) electrons. The second-order valence-corrected chi connectivity index (χ2v) is 5.18. The van der Waals surface area contributed by atoms with Gasteiger partial charge < -0.3 is 15.7 Å². The maximum atomic E-state index is 13.6. The quantitative estimate of drug-likeness (QED) is 0.793. The number of rotatable bonds is 4. The number of carboxylic acids is 1. The minimum Gasteiger partial charge on any atom is -0.481 e. The summed E-state index contributed by atoms with van der Waals surface area (Å²) in [5.41, 5.74) is -0.647. The molecule has 18 heavy (non-hydrogen) atoms. The Labute approximate surface area is 111 Å². The Bertz CT molecular complexity index is 469. The van der Waals surface area contributed by atoms with Gasteiger partial charge in [0.2, 0.25) is 0 Å². The Balaban J connectivity index is 2.25. The molecule has 0 spiro atoms. The van der Waals surface area contributed by atoms with E-state index < -0.39 is 23.1 Å². The van der Waals surface area contributed by atoms with Crippen LogP contribution < -0.4 is 10.6 Å². The van der Waals surface area contributed by atoms with Crippen LogP contribution in [0.1, 0.15) is 6.42 Å². The number of benzene rings is 1. The van der Waals surface area contributed by atoms with Gasteiger partial charge in [0.25, 0.3) is 0 Å². The fraction of sp³-hybridized carbons (Fsp3) is 0.364. The van der Waals surface area contributed by atoms with Crippen molar-refractivity contribution in [2.24, 2.45) is 0 Å². The minimum atomic E-state index is -0.970. The van der Waals surface area contributed by atoms with Gasteiger partial charge in [-0.25, -0.2) is 8.78 Å². The maximum Gasteiger partial charge on any atom is 0.305 e. The Kier molecular flexibility index (Phi) is 3.54. The fourth-order valence-electron chi connectivity index (χ4n) is 1.90. The lowest BCUT2D eigenvalue weighted by atomic mass is 9.88. The van der Waals surface area contributed by atoms with Gasteiger partial charge in [-0.3, -0.25) is 4.79 Å². The van der Waals surface area contributed by atoms with Gasteiger partial charge in [0.05, 0.1) is 17.6 Å². The summed E-state index contributed by atoms with van der Waals surface area (Å²) in [7, 11) is 0. The third kappa shape index (κ3) is 2.62. The van der Waals surface area contributed by atoms with Crippen LogP contribution in [0.25, 0.3) is 0 Å². The highest BCUT2D eigenvalue weighted by Crippen LogP contribution is 2.31. The highest BCUT2D eigenvalue weighted by Gasteiger charge is 2.40. The van der Waals surface area contributed by atoms with Crippen molar-refractivity contribution in [1.82, 2.24) is 5.32 Å². The van der Waals surface area contributed by atoms with Gasteiger partial charge >= 0.3 is 5.97 Å². The summed E-state index contributed by atoms with van der Waals surface area (Å²) < 4.78 is 26.8. The van der Waals surface area contributed by atoms with Gasteiger partial charge in [-0.15, -0.1) is 0 Å². The van der Waals surface area contributed by atoms with Crippen LogP contribution in [-0.2, 0) is 4.79 Å². The third-order valence-corrected chi connectivity index (χ3v) is 3.44. The first-order valence-electron chi connectivity index (χ1n) is 5.27. The van der Waals surface area contributed by atoms with Crippen LogP contribution in [0.15, 0.2) is 16.6 Å². The van der Waals surface area contributed by atoms with Crippen molar-refractivity contribution in [1.29, 1.82) is 0 Å². The highest BCUT2D eigenvalue weighted by atomic mass is 79.9. The Morgan fingerprint density at radius 2 is 2.17 bits per heavy atom. The zero-order valence-electron chi connectivity index (χ0n) is 9.27.